The van der Waals surface area contributed by atoms with Crippen LogP contribution < -0.4 is 10.6 Å². The van der Waals surface area contributed by atoms with Crippen LogP contribution in [0.3, 0.4) is 0 Å². The first-order chi connectivity index (χ1) is 8.99. The van der Waals surface area contributed by atoms with Crippen LogP contribution in [0, 0.1) is 0 Å². The van der Waals surface area contributed by atoms with Gasteiger partial charge in [0.05, 0.1) is 17.2 Å². The molecule has 0 saturated heterocycles. The number of aromatic nitrogens is 4. The summed E-state index contributed by atoms with van der Waals surface area (Å²) in [5.74, 6) is 1.22. The van der Waals surface area contributed by atoms with E-state index in [1.165, 1.54) is 0 Å². The van der Waals surface area contributed by atoms with Gasteiger partial charge in [-0.05, 0) is 20.3 Å². The molecule has 2 heterocycles. The smallest absolute Gasteiger partial charge is 0.226 e. The quantitative estimate of drug-likeness (QED) is 0.629. The highest BCUT2D eigenvalue weighted by Crippen LogP contribution is 2.20. The molecule has 7 heteroatoms. The highest BCUT2D eigenvalue weighted by molar-refractivity contribution is 5.86. The second kappa shape index (κ2) is 5.40. The van der Waals surface area contributed by atoms with Crippen LogP contribution >= 0.6 is 0 Å². The summed E-state index contributed by atoms with van der Waals surface area (Å²) in [5, 5.41) is 23.6. The van der Waals surface area contributed by atoms with E-state index in [1.54, 1.807) is 20.0 Å². The van der Waals surface area contributed by atoms with Crippen molar-refractivity contribution in [2.45, 2.75) is 32.8 Å². The molecular weight excluding hydrogens is 244 g/mol. The predicted molar refractivity (Wildman–Crippen MR) is 75.3 cm³/mol. The largest absolute Gasteiger partial charge is 0.389 e. The number of fused-ring (bicyclic) bond motifs is 1. The summed E-state index contributed by atoms with van der Waals surface area (Å²) in [4.78, 5) is 8.74. The van der Waals surface area contributed by atoms with E-state index in [2.05, 4.69) is 37.7 Å². The van der Waals surface area contributed by atoms with Crippen molar-refractivity contribution in [1.29, 1.82) is 0 Å². The molecule has 0 radical (unpaired) electrons. The molecule has 19 heavy (non-hydrogen) atoms. The van der Waals surface area contributed by atoms with Gasteiger partial charge in [0.25, 0.3) is 0 Å². The fourth-order valence-corrected chi connectivity index (χ4v) is 1.59. The Kier molecular flexibility index (Phi) is 3.84. The molecule has 0 aromatic carbocycles. The van der Waals surface area contributed by atoms with E-state index in [9.17, 15) is 5.11 Å². The number of aromatic amines is 1. The first-order valence-electron chi connectivity index (χ1n) is 6.41. The zero-order valence-electron chi connectivity index (χ0n) is 11.5. The molecule has 0 aliphatic rings. The predicted octanol–water partition coefficient (Wildman–Crippen LogP) is 1.36. The maximum atomic E-state index is 9.77. The van der Waals surface area contributed by atoms with Crippen molar-refractivity contribution in [1.82, 2.24) is 20.2 Å². The van der Waals surface area contributed by atoms with Crippen LogP contribution in [0.2, 0.25) is 0 Å². The Bertz CT molecular complexity index is 545. The first-order valence-corrected chi connectivity index (χ1v) is 6.41. The van der Waals surface area contributed by atoms with E-state index in [0.29, 0.717) is 24.0 Å². The summed E-state index contributed by atoms with van der Waals surface area (Å²) in [5.41, 5.74) is -0.135. The van der Waals surface area contributed by atoms with Gasteiger partial charge in [-0.25, -0.2) is 0 Å². The highest BCUT2D eigenvalue weighted by Gasteiger charge is 2.15. The molecule has 0 atom stereocenters. The number of aliphatic hydroxyl groups is 1. The van der Waals surface area contributed by atoms with E-state index in [4.69, 9.17) is 0 Å². The van der Waals surface area contributed by atoms with Gasteiger partial charge in [0.2, 0.25) is 5.95 Å². The molecule has 2 rings (SSSR count). The minimum Gasteiger partial charge on any atom is -0.389 e. The maximum Gasteiger partial charge on any atom is 0.226 e. The average Bonchev–Trinajstić information content (AvgIpc) is 2.80. The standard InChI is InChI=1S/C12H20N6O/c1-4-5-13-11-16-9(14-7-12(2,3)19)8-6-15-18-10(8)17-11/h6,19H,4-5,7H2,1-3H3,(H3,13,14,15,16,17,18). The molecule has 0 spiro atoms. The van der Waals surface area contributed by atoms with Crippen LogP contribution in [-0.2, 0) is 0 Å². The molecule has 0 saturated carbocycles. The number of hydrogen-bond donors (Lipinski definition) is 4. The van der Waals surface area contributed by atoms with E-state index >= 15 is 0 Å². The van der Waals surface area contributed by atoms with Gasteiger partial charge in [0, 0.05) is 13.1 Å². The summed E-state index contributed by atoms with van der Waals surface area (Å²) in [6.45, 7) is 6.77. The fraction of sp³-hybridized carbons (Fsp3) is 0.583. The number of H-pyrrole nitrogens is 1. The number of hydrogen-bond acceptors (Lipinski definition) is 6. The maximum absolute atomic E-state index is 9.77. The van der Waals surface area contributed by atoms with Crippen molar-refractivity contribution < 1.29 is 5.11 Å². The van der Waals surface area contributed by atoms with Gasteiger partial charge < -0.3 is 15.7 Å². The molecule has 0 bridgehead atoms. The highest BCUT2D eigenvalue weighted by atomic mass is 16.3. The fourth-order valence-electron chi connectivity index (χ4n) is 1.59. The van der Waals surface area contributed by atoms with Gasteiger partial charge in [-0.15, -0.1) is 0 Å². The molecule has 2 aromatic rings. The van der Waals surface area contributed by atoms with Crippen molar-refractivity contribution in [3.8, 4) is 0 Å². The number of rotatable bonds is 6. The van der Waals surface area contributed by atoms with Crippen molar-refractivity contribution in [3.05, 3.63) is 6.20 Å². The topological polar surface area (TPSA) is 98.8 Å². The molecule has 0 fully saturated rings. The van der Waals surface area contributed by atoms with Crippen LogP contribution in [0.1, 0.15) is 27.2 Å². The molecule has 0 aliphatic carbocycles. The van der Waals surface area contributed by atoms with E-state index < -0.39 is 5.60 Å². The van der Waals surface area contributed by atoms with Crippen LogP contribution in [-0.4, -0.2) is 44.0 Å². The Hall–Kier alpha value is -1.89. The van der Waals surface area contributed by atoms with Gasteiger partial charge in [0.15, 0.2) is 5.65 Å². The Morgan fingerprint density at radius 1 is 1.32 bits per heavy atom. The second-order valence-corrected chi connectivity index (χ2v) is 5.12. The Balaban J connectivity index is 2.26. The van der Waals surface area contributed by atoms with Gasteiger partial charge in [-0.3, -0.25) is 5.10 Å². The molecule has 4 N–H and O–H groups in total. The van der Waals surface area contributed by atoms with Gasteiger partial charge in [0.1, 0.15) is 5.82 Å². The number of nitrogens with one attached hydrogen (secondary N) is 3. The lowest BCUT2D eigenvalue weighted by Crippen LogP contribution is -2.29. The van der Waals surface area contributed by atoms with Crippen molar-refractivity contribution in [3.63, 3.8) is 0 Å². The normalized spacial score (nSPS) is 11.8. The van der Waals surface area contributed by atoms with E-state index in [1.807, 2.05) is 0 Å². The minimum absolute atomic E-state index is 0.400. The monoisotopic (exact) mass is 264 g/mol. The van der Waals surface area contributed by atoms with Gasteiger partial charge >= 0.3 is 0 Å². The van der Waals surface area contributed by atoms with Crippen LogP contribution in [0.15, 0.2) is 6.20 Å². The van der Waals surface area contributed by atoms with Crippen LogP contribution in [0.25, 0.3) is 11.0 Å². The summed E-state index contributed by atoms with van der Waals surface area (Å²) in [6.07, 6.45) is 2.67. The molecule has 0 unspecified atom stereocenters. The summed E-state index contributed by atoms with van der Waals surface area (Å²) < 4.78 is 0. The number of anilines is 2. The number of nitrogens with zero attached hydrogens (tertiary/aromatic N) is 3. The summed E-state index contributed by atoms with van der Waals surface area (Å²) >= 11 is 0. The zero-order valence-corrected chi connectivity index (χ0v) is 11.5. The molecule has 2 aromatic heterocycles. The zero-order chi connectivity index (χ0) is 13.9. The lowest BCUT2D eigenvalue weighted by atomic mass is 10.1. The third kappa shape index (κ3) is 3.54. The van der Waals surface area contributed by atoms with Gasteiger partial charge in [-0.2, -0.15) is 15.1 Å². The lowest BCUT2D eigenvalue weighted by molar-refractivity contribution is 0.0944. The molecular formula is C12H20N6O. The van der Waals surface area contributed by atoms with Crippen LogP contribution in [0.4, 0.5) is 11.8 Å². The molecule has 0 aliphatic heterocycles. The Labute approximate surface area is 111 Å². The van der Waals surface area contributed by atoms with Crippen molar-refractivity contribution in [2.75, 3.05) is 23.7 Å². The van der Waals surface area contributed by atoms with E-state index in [0.717, 1.165) is 18.4 Å². The SMILES string of the molecule is CCCNc1nc(NCC(C)(C)O)c2cn[nH]c2n1. The Morgan fingerprint density at radius 2 is 2.11 bits per heavy atom. The molecule has 104 valence electrons. The summed E-state index contributed by atoms with van der Waals surface area (Å²) in [7, 11) is 0. The van der Waals surface area contributed by atoms with Gasteiger partial charge in [-0.1, -0.05) is 6.92 Å². The molecule has 0 amide bonds. The molecule has 7 nitrogen and oxygen atoms in total. The first kappa shape index (κ1) is 13.5. The lowest BCUT2D eigenvalue weighted by Gasteiger charge is -2.18. The third-order valence-corrected chi connectivity index (χ3v) is 2.53. The third-order valence-electron chi connectivity index (χ3n) is 2.53. The Morgan fingerprint density at radius 3 is 2.79 bits per heavy atom. The van der Waals surface area contributed by atoms with Crippen molar-refractivity contribution in [2.24, 2.45) is 0 Å². The minimum atomic E-state index is -0.808. The summed E-state index contributed by atoms with van der Waals surface area (Å²) in [6, 6.07) is 0. The second-order valence-electron chi connectivity index (χ2n) is 5.12. The van der Waals surface area contributed by atoms with Crippen LogP contribution in [0.5, 0.6) is 0 Å². The van der Waals surface area contributed by atoms with E-state index in [-0.39, 0.29) is 0 Å². The van der Waals surface area contributed by atoms with Crippen molar-refractivity contribution >= 4 is 22.8 Å². The average molecular weight is 264 g/mol.